The molecule has 1 fully saturated rings. The van der Waals surface area contributed by atoms with Gasteiger partial charge in [0.1, 0.15) is 0 Å². The Morgan fingerprint density at radius 2 is 2.30 bits per heavy atom. The Morgan fingerprint density at radius 3 is 3.00 bits per heavy atom. The van der Waals surface area contributed by atoms with Crippen LogP contribution in [-0.4, -0.2) is 24.0 Å². The highest BCUT2D eigenvalue weighted by Gasteiger charge is 2.33. The van der Waals surface area contributed by atoms with E-state index in [2.05, 4.69) is 24.9 Å². The molecular weight excluding hydrogens is 122 g/mol. The first kappa shape index (κ1) is 6.41. The molecule has 1 nitrogen and oxygen atoms in total. The highest BCUT2D eigenvalue weighted by Crippen LogP contribution is 2.33. The maximum atomic E-state index is 2.54. The van der Waals surface area contributed by atoms with E-state index in [4.69, 9.17) is 0 Å². The van der Waals surface area contributed by atoms with E-state index in [1.807, 2.05) is 0 Å². The molecule has 10 heavy (non-hydrogen) atoms. The largest absolute Gasteiger partial charge is 0.296 e. The molecule has 2 bridgehead atoms. The van der Waals surface area contributed by atoms with Crippen LogP contribution in [0.2, 0.25) is 0 Å². The summed E-state index contributed by atoms with van der Waals surface area (Å²) < 4.78 is 0. The van der Waals surface area contributed by atoms with Crippen LogP contribution < -0.4 is 0 Å². The van der Waals surface area contributed by atoms with Gasteiger partial charge in [-0.25, -0.2) is 0 Å². The van der Waals surface area contributed by atoms with E-state index < -0.39 is 0 Å². The Labute approximate surface area is 62.7 Å². The van der Waals surface area contributed by atoms with Crippen LogP contribution in [0.1, 0.15) is 26.2 Å². The van der Waals surface area contributed by atoms with Gasteiger partial charge in [0.05, 0.1) is 0 Å². The molecule has 0 N–H and O–H groups in total. The van der Waals surface area contributed by atoms with E-state index in [-0.39, 0.29) is 0 Å². The lowest BCUT2D eigenvalue weighted by atomic mass is 10.0. The van der Waals surface area contributed by atoms with Gasteiger partial charge < -0.3 is 0 Å². The molecular formula is C9H15N. The predicted molar refractivity (Wildman–Crippen MR) is 42.9 cm³/mol. The van der Waals surface area contributed by atoms with Crippen molar-refractivity contribution in [2.45, 2.75) is 38.3 Å². The Morgan fingerprint density at radius 1 is 1.50 bits per heavy atom. The van der Waals surface area contributed by atoms with Crippen molar-refractivity contribution in [3.05, 3.63) is 11.6 Å². The van der Waals surface area contributed by atoms with E-state index in [0.717, 1.165) is 12.1 Å². The van der Waals surface area contributed by atoms with Crippen LogP contribution in [0.25, 0.3) is 0 Å². The monoisotopic (exact) mass is 137 g/mol. The lowest BCUT2D eigenvalue weighted by Crippen LogP contribution is -2.35. The van der Waals surface area contributed by atoms with Crippen LogP contribution >= 0.6 is 0 Å². The zero-order chi connectivity index (χ0) is 7.14. The fourth-order valence-corrected chi connectivity index (χ4v) is 2.30. The summed E-state index contributed by atoms with van der Waals surface area (Å²) in [5.41, 5.74) is 1.59. The number of likely N-dealkylation sites (N-methyl/N-ethyl adjacent to an activating group) is 1. The van der Waals surface area contributed by atoms with Crippen molar-refractivity contribution in [2.75, 3.05) is 7.05 Å². The fourth-order valence-electron chi connectivity index (χ4n) is 2.30. The first-order valence-electron chi connectivity index (χ1n) is 4.17. The number of nitrogens with zero attached hydrogens (tertiary/aromatic N) is 1. The van der Waals surface area contributed by atoms with Crippen LogP contribution in [0.3, 0.4) is 0 Å². The third-order valence-electron chi connectivity index (χ3n) is 3.08. The zero-order valence-corrected chi connectivity index (χ0v) is 6.80. The van der Waals surface area contributed by atoms with E-state index in [9.17, 15) is 0 Å². The van der Waals surface area contributed by atoms with Crippen molar-refractivity contribution in [1.82, 2.24) is 4.90 Å². The summed E-state index contributed by atoms with van der Waals surface area (Å²) in [7, 11) is 2.26. The molecule has 2 rings (SSSR count). The summed E-state index contributed by atoms with van der Waals surface area (Å²) in [4.78, 5) is 2.54. The molecule has 0 amide bonds. The van der Waals surface area contributed by atoms with Crippen molar-refractivity contribution >= 4 is 0 Å². The average Bonchev–Trinajstić information content (AvgIpc) is 2.13. The maximum Gasteiger partial charge on any atom is 0.0305 e. The van der Waals surface area contributed by atoms with Gasteiger partial charge >= 0.3 is 0 Å². The molecule has 2 atom stereocenters. The van der Waals surface area contributed by atoms with E-state index in [0.29, 0.717) is 0 Å². The topological polar surface area (TPSA) is 3.24 Å². The average molecular weight is 137 g/mol. The quantitative estimate of drug-likeness (QED) is 0.460. The Bertz CT molecular complexity index is 172. The van der Waals surface area contributed by atoms with Gasteiger partial charge in [0.15, 0.2) is 0 Å². The summed E-state index contributed by atoms with van der Waals surface area (Å²) in [5, 5.41) is 0. The molecule has 2 aliphatic heterocycles. The molecule has 1 saturated heterocycles. The standard InChI is InChI=1S/C9H15N/c1-7-3-4-8-5-6-9(7)10(8)2/h3,8-9H,4-6H2,1-2H3/t8-,9?/m0/s1. The zero-order valence-electron chi connectivity index (χ0n) is 6.80. The number of hydrogen-bond acceptors (Lipinski definition) is 1. The fraction of sp³-hybridized carbons (Fsp3) is 0.778. The molecule has 0 aromatic rings. The molecule has 0 saturated carbocycles. The third kappa shape index (κ3) is 0.734. The molecule has 1 heteroatoms. The van der Waals surface area contributed by atoms with Crippen molar-refractivity contribution in [3.8, 4) is 0 Å². The van der Waals surface area contributed by atoms with Gasteiger partial charge in [-0.1, -0.05) is 11.6 Å². The van der Waals surface area contributed by atoms with Gasteiger partial charge in [-0.15, -0.1) is 0 Å². The van der Waals surface area contributed by atoms with Gasteiger partial charge in [0.2, 0.25) is 0 Å². The first-order chi connectivity index (χ1) is 4.79. The summed E-state index contributed by atoms with van der Waals surface area (Å²) in [6.45, 7) is 2.27. The lowest BCUT2D eigenvalue weighted by molar-refractivity contribution is 0.250. The molecule has 0 aromatic heterocycles. The normalized spacial score (nSPS) is 40.0. The maximum absolute atomic E-state index is 2.54. The second-order valence-electron chi connectivity index (χ2n) is 3.60. The van der Waals surface area contributed by atoms with Gasteiger partial charge in [-0.2, -0.15) is 0 Å². The summed E-state index contributed by atoms with van der Waals surface area (Å²) in [6, 6.07) is 1.66. The van der Waals surface area contributed by atoms with Crippen molar-refractivity contribution in [3.63, 3.8) is 0 Å². The number of fused-ring (bicyclic) bond motifs is 2. The van der Waals surface area contributed by atoms with Crippen LogP contribution in [0.4, 0.5) is 0 Å². The summed E-state index contributed by atoms with van der Waals surface area (Å²) >= 11 is 0. The highest BCUT2D eigenvalue weighted by atomic mass is 15.2. The predicted octanol–water partition coefficient (Wildman–Crippen LogP) is 1.80. The van der Waals surface area contributed by atoms with Crippen LogP contribution in [0.5, 0.6) is 0 Å². The van der Waals surface area contributed by atoms with E-state index in [1.165, 1.54) is 19.3 Å². The lowest BCUT2D eigenvalue weighted by Gasteiger charge is -2.30. The summed E-state index contributed by atoms with van der Waals surface area (Å²) in [5.74, 6) is 0. The molecule has 0 aromatic carbocycles. The molecule has 2 heterocycles. The van der Waals surface area contributed by atoms with Crippen molar-refractivity contribution in [1.29, 1.82) is 0 Å². The highest BCUT2D eigenvalue weighted by molar-refractivity contribution is 5.16. The molecule has 56 valence electrons. The number of hydrogen-bond donors (Lipinski definition) is 0. The minimum absolute atomic E-state index is 0.791. The Balaban J connectivity index is 2.26. The Kier molecular flexibility index (Phi) is 1.34. The molecule has 0 aliphatic carbocycles. The number of rotatable bonds is 0. The second-order valence-corrected chi connectivity index (χ2v) is 3.60. The Hall–Kier alpha value is -0.300. The molecule has 2 aliphatic rings. The first-order valence-corrected chi connectivity index (χ1v) is 4.17. The van der Waals surface area contributed by atoms with Crippen LogP contribution in [0, 0.1) is 0 Å². The van der Waals surface area contributed by atoms with Gasteiger partial charge in [-0.3, -0.25) is 4.90 Å². The minimum Gasteiger partial charge on any atom is -0.296 e. The van der Waals surface area contributed by atoms with Crippen LogP contribution in [-0.2, 0) is 0 Å². The van der Waals surface area contributed by atoms with Gasteiger partial charge in [0.25, 0.3) is 0 Å². The minimum atomic E-state index is 0.791. The molecule has 1 unspecified atom stereocenters. The van der Waals surface area contributed by atoms with Crippen molar-refractivity contribution in [2.24, 2.45) is 0 Å². The second kappa shape index (κ2) is 2.09. The smallest absolute Gasteiger partial charge is 0.0305 e. The van der Waals surface area contributed by atoms with E-state index in [1.54, 1.807) is 5.57 Å². The van der Waals surface area contributed by atoms with Crippen LogP contribution in [0.15, 0.2) is 11.6 Å². The van der Waals surface area contributed by atoms with E-state index >= 15 is 0 Å². The van der Waals surface area contributed by atoms with Gasteiger partial charge in [-0.05, 0) is 33.2 Å². The third-order valence-corrected chi connectivity index (χ3v) is 3.08. The SMILES string of the molecule is CC1=CC[C@H]2CCC1N2C. The molecule has 0 spiro atoms. The summed E-state index contributed by atoms with van der Waals surface area (Å²) in [6.07, 6.45) is 6.51. The van der Waals surface area contributed by atoms with Gasteiger partial charge in [0, 0.05) is 12.1 Å². The van der Waals surface area contributed by atoms with Crippen molar-refractivity contribution < 1.29 is 0 Å². The molecule has 0 radical (unpaired) electrons.